The monoisotopic (exact) mass is 313 g/mol. The zero-order chi connectivity index (χ0) is 17.0. The first-order chi connectivity index (χ1) is 10.9. The molecule has 0 bridgehead atoms. The summed E-state index contributed by atoms with van der Waals surface area (Å²) < 4.78 is 0. The van der Waals surface area contributed by atoms with Gasteiger partial charge in [-0.3, -0.25) is 14.9 Å². The Hall–Kier alpha value is -2.89. The van der Waals surface area contributed by atoms with Crippen LogP contribution in [0.15, 0.2) is 36.4 Å². The number of para-hydroxylation sites is 1. The molecule has 23 heavy (non-hydrogen) atoms. The summed E-state index contributed by atoms with van der Waals surface area (Å²) in [6.45, 7) is 5.73. The molecule has 0 atom stereocenters. The molecule has 120 valence electrons. The minimum absolute atomic E-state index is 0.00624. The molecule has 2 N–H and O–H groups in total. The second-order valence-corrected chi connectivity index (χ2v) is 5.42. The topological polar surface area (TPSA) is 84.3 Å². The maximum absolute atomic E-state index is 12.1. The number of benzene rings is 2. The van der Waals surface area contributed by atoms with E-state index >= 15 is 0 Å². The number of non-ortho nitro benzene ring substituents is 1. The SMILES string of the molecule is Cc1ccc([N+](=O)[O-])cc1NCC(=O)Nc1c(C)cccc1C. The zero-order valence-corrected chi connectivity index (χ0v) is 13.3. The molecule has 2 aromatic carbocycles. The van der Waals surface area contributed by atoms with Gasteiger partial charge < -0.3 is 10.6 Å². The Morgan fingerprint density at radius 3 is 2.35 bits per heavy atom. The Bertz CT molecular complexity index is 736. The lowest BCUT2D eigenvalue weighted by Gasteiger charge is -2.13. The van der Waals surface area contributed by atoms with Gasteiger partial charge >= 0.3 is 0 Å². The van der Waals surface area contributed by atoms with Gasteiger partial charge in [-0.15, -0.1) is 0 Å². The summed E-state index contributed by atoms with van der Waals surface area (Å²) in [6.07, 6.45) is 0. The number of nitrogens with zero attached hydrogens (tertiary/aromatic N) is 1. The van der Waals surface area contributed by atoms with Crippen molar-refractivity contribution >= 4 is 23.0 Å². The molecule has 0 aromatic heterocycles. The Morgan fingerprint density at radius 1 is 1.09 bits per heavy atom. The number of carbonyl (C=O) groups excluding carboxylic acids is 1. The molecule has 0 spiro atoms. The van der Waals surface area contributed by atoms with Crippen molar-refractivity contribution in [2.75, 3.05) is 17.2 Å². The summed E-state index contributed by atoms with van der Waals surface area (Å²) in [5.74, 6) is -0.201. The van der Waals surface area contributed by atoms with Crippen molar-refractivity contribution in [1.29, 1.82) is 0 Å². The van der Waals surface area contributed by atoms with Gasteiger partial charge in [-0.25, -0.2) is 0 Å². The number of anilines is 2. The number of amides is 1. The fourth-order valence-electron chi connectivity index (χ4n) is 2.28. The molecule has 0 radical (unpaired) electrons. The molecular weight excluding hydrogens is 294 g/mol. The normalized spacial score (nSPS) is 10.2. The van der Waals surface area contributed by atoms with Crippen molar-refractivity contribution in [3.8, 4) is 0 Å². The number of aryl methyl sites for hydroxylation is 3. The number of nitro groups is 1. The third-order valence-corrected chi connectivity index (χ3v) is 3.62. The van der Waals surface area contributed by atoms with Gasteiger partial charge in [-0.1, -0.05) is 24.3 Å². The number of carbonyl (C=O) groups is 1. The van der Waals surface area contributed by atoms with Gasteiger partial charge in [-0.2, -0.15) is 0 Å². The first kappa shape index (κ1) is 16.5. The lowest BCUT2D eigenvalue weighted by atomic mass is 10.1. The number of rotatable bonds is 5. The zero-order valence-electron chi connectivity index (χ0n) is 13.3. The van der Waals surface area contributed by atoms with Crippen LogP contribution in [0.1, 0.15) is 16.7 Å². The summed E-state index contributed by atoms with van der Waals surface area (Å²) in [5, 5.41) is 16.6. The van der Waals surface area contributed by atoms with E-state index in [2.05, 4.69) is 10.6 Å². The van der Waals surface area contributed by atoms with Gasteiger partial charge in [0.05, 0.1) is 11.5 Å². The van der Waals surface area contributed by atoms with Crippen molar-refractivity contribution in [3.63, 3.8) is 0 Å². The number of hydrogen-bond acceptors (Lipinski definition) is 4. The quantitative estimate of drug-likeness (QED) is 0.653. The predicted molar refractivity (Wildman–Crippen MR) is 90.9 cm³/mol. The van der Waals surface area contributed by atoms with Crippen molar-refractivity contribution in [2.24, 2.45) is 0 Å². The number of nitro benzene ring substituents is 1. The molecule has 0 aliphatic heterocycles. The highest BCUT2D eigenvalue weighted by atomic mass is 16.6. The van der Waals surface area contributed by atoms with Crippen molar-refractivity contribution in [3.05, 3.63) is 63.2 Å². The fourth-order valence-corrected chi connectivity index (χ4v) is 2.28. The lowest BCUT2D eigenvalue weighted by Crippen LogP contribution is -2.23. The van der Waals surface area contributed by atoms with Crippen molar-refractivity contribution < 1.29 is 9.72 Å². The van der Waals surface area contributed by atoms with E-state index in [0.717, 1.165) is 22.4 Å². The Labute approximate surface area is 134 Å². The average Bonchev–Trinajstić information content (AvgIpc) is 2.50. The summed E-state index contributed by atoms with van der Waals surface area (Å²) in [6, 6.07) is 10.3. The van der Waals surface area contributed by atoms with E-state index in [1.54, 1.807) is 6.07 Å². The van der Waals surface area contributed by atoms with E-state index < -0.39 is 4.92 Å². The third-order valence-electron chi connectivity index (χ3n) is 3.62. The highest BCUT2D eigenvalue weighted by molar-refractivity contribution is 5.95. The number of hydrogen-bond donors (Lipinski definition) is 2. The second kappa shape index (κ2) is 6.91. The maximum Gasteiger partial charge on any atom is 0.271 e. The van der Waals surface area contributed by atoms with Crippen molar-refractivity contribution in [2.45, 2.75) is 20.8 Å². The van der Waals surface area contributed by atoms with Gasteiger partial charge in [0.25, 0.3) is 5.69 Å². The van der Waals surface area contributed by atoms with Crippen LogP contribution in [-0.2, 0) is 4.79 Å². The molecule has 0 unspecified atom stereocenters. The molecule has 0 aliphatic carbocycles. The van der Waals surface area contributed by atoms with E-state index in [1.165, 1.54) is 12.1 Å². The van der Waals surface area contributed by atoms with Gasteiger partial charge in [0.15, 0.2) is 0 Å². The van der Waals surface area contributed by atoms with E-state index in [1.807, 2.05) is 39.0 Å². The minimum Gasteiger partial charge on any atom is -0.376 e. The molecule has 2 rings (SSSR count). The smallest absolute Gasteiger partial charge is 0.271 e. The van der Waals surface area contributed by atoms with Crippen molar-refractivity contribution in [1.82, 2.24) is 0 Å². The summed E-state index contributed by atoms with van der Waals surface area (Å²) in [4.78, 5) is 22.5. The molecule has 0 heterocycles. The predicted octanol–water partition coefficient (Wildman–Crippen LogP) is 3.57. The first-order valence-electron chi connectivity index (χ1n) is 7.23. The van der Waals surface area contributed by atoms with Crippen LogP contribution >= 0.6 is 0 Å². The number of nitrogens with one attached hydrogen (secondary N) is 2. The highest BCUT2D eigenvalue weighted by Gasteiger charge is 2.11. The Morgan fingerprint density at radius 2 is 1.74 bits per heavy atom. The van der Waals surface area contributed by atoms with Crippen LogP contribution in [0, 0.1) is 30.9 Å². The van der Waals surface area contributed by atoms with Crippen LogP contribution in [0.5, 0.6) is 0 Å². The summed E-state index contributed by atoms with van der Waals surface area (Å²) in [7, 11) is 0. The van der Waals surface area contributed by atoms with Crippen LogP contribution in [0.3, 0.4) is 0 Å². The Balaban J connectivity index is 2.05. The average molecular weight is 313 g/mol. The van der Waals surface area contributed by atoms with E-state index in [9.17, 15) is 14.9 Å². The molecule has 1 amide bonds. The van der Waals surface area contributed by atoms with Gasteiger partial charge in [-0.05, 0) is 37.5 Å². The van der Waals surface area contributed by atoms with E-state index in [4.69, 9.17) is 0 Å². The molecule has 6 nitrogen and oxygen atoms in total. The highest BCUT2D eigenvalue weighted by Crippen LogP contribution is 2.22. The third kappa shape index (κ3) is 4.06. The van der Waals surface area contributed by atoms with Crippen LogP contribution in [0.4, 0.5) is 17.1 Å². The lowest BCUT2D eigenvalue weighted by molar-refractivity contribution is -0.384. The standard InChI is InChI=1S/C17H19N3O3/c1-11-7-8-14(20(22)23)9-15(11)18-10-16(21)19-17-12(2)5-4-6-13(17)3/h4-9,18H,10H2,1-3H3,(H,19,21). The van der Waals surface area contributed by atoms with Gasteiger partial charge in [0.2, 0.25) is 5.91 Å². The Kier molecular flexibility index (Phi) is 4.95. The first-order valence-corrected chi connectivity index (χ1v) is 7.23. The van der Waals surface area contributed by atoms with Crippen LogP contribution < -0.4 is 10.6 Å². The fraction of sp³-hybridized carbons (Fsp3) is 0.235. The molecule has 0 saturated carbocycles. The van der Waals surface area contributed by atoms with Crippen LogP contribution in [0.2, 0.25) is 0 Å². The molecule has 0 saturated heterocycles. The maximum atomic E-state index is 12.1. The van der Waals surface area contributed by atoms with E-state index in [0.29, 0.717) is 5.69 Å². The molecule has 6 heteroatoms. The molecular formula is C17H19N3O3. The van der Waals surface area contributed by atoms with E-state index in [-0.39, 0.29) is 18.1 Å². The summed E-state index contributed by atoms with van der Waals surface area (Å²) in [5.41, 5.74) is 4.20. The molecule has 2 aromatic rings. The van der Waals surface area contributed by atoms with Gasteiger partial charge in [0, 0.05) is 23.5 Å². The summed E-state index contributed by atoms with van der Waals surface area (Å²) >= 11 is 0. The molecule has 0 aliphatic rings. The van der Waals surface area contributed by atoms with Crippen LogP contribution in [0.25, 0.3) is 0 Å². The largest absolute Gasteiger partial charge is 0.376 e. The second-order valence-electron chi connectivity index (χ2n) is 5.42. The molecule has 0 fully saturated rings. The van der Waals surface area contributed by atoms with Gasteiger partial charge in [0.1, 0.15) is 0 Å². The van der Waals surface area contributed by atoms with Crippen LogP contribution in [-0.4, -0.2) is 17.4 Å². The minimum atomic E-state index is -0.457.